The standard InChI is InChI=1S/C25H17BrClNO5S/c26-18-5-3-17(4-6-18)24(30)33-21-9-1-16(2-10-21)15-22-23(29)28(25(31)34-22)13-14-32-20-11-7-19(27)8-12-20/h1-12,15H,13-14H2/b22-15-. The second kappa shape index (κ2) is 10.9. The van der Waals surface area contributed by atoms with Crippen LogP contribution in [0.25, 0.3) is 6.08 Å². The van der Waals surface area contributed by atoms with Crippen LogP contribution in [0.1, 0.15) is 15.9 Å². The SMILES string of the molecule is O=C(Oc1ccc(/C=C2\SC(=O)N(CCOc3ccc(Cl)cc3)C2=O)cc1)c1ccc(Br)cc1. The predicted molar refractivity (Wildman–Crippen MR) is 135 cm³/mol. The number of hydrogen-bond donors (Lipinski definition) is 0. The summed E-state index contributed by atoms with van der Waals surface area (Å²) in [5, 5.41) is 0.246. The lowest BCUT2D eigenvalue weighted by molar-refractivity contribution is -0.123. The number of hydrogen-bond acceptors (Lipinski definition) is 6. The van der Waals surface area contributed by atoms with Crippen molar-refractivity contribution in [3.05, 3.63) is 98.3 Å². The fourth-order valence-electron chi connectivity index (χ4n) is 3.01. The molecule has 1 heterocycles. The maximum atomic E-state index is 12.7. The number of benzene rings is 3. The molecule has 0 unspecified atom stereocenters. The van der Waals surface area contributed by atoms with Crippen LogP contribution >= 0.6 is 39.3 Å². The van der Waals surface area contributed by atoms with Gasteiger partial charge in [0.1, 0.15) is 18.1 Å². The molecule has 2 amide bonds. The molecule has 0 aromatic heterocycles. The van der Waals surface area contributed by atoms with E-state index in [9.17, 15) is 14.4 Å². The molecular weight excluding hydrogens is 542 g/mol. The second-order valence-corrected chi connectivity index (χ2v) is 9.45. The van der Waals surface area contributed by atoms with E-state index in [0.717, 1.165) is 21.1 Å². The Hall–Kier alpha value is -3.07. The van der Waals surface area contributed by atoms with E-state index in [1.54, 1.807) is 78.9 Å². The largest absolute Gasteiger partial charge is 0.492 e. The van der Waals surface area contributed by atoms with E-state index in [4.69, 9.17) is 21.1 Å². The summed E-state index contributed by atoms with van der Waals surface area (Å²) < 4.78 is 11.8. The molecule has 0 atom stereocenters. The first-order valence-corrected chi connectivity index (χ1v) is 12.1. The number of thioether (sulfide) groups is 1. The highest BCUT2D eigenvalue weighted by molar-refractivity contribution is 9.10. The topological polar surface area (TPSA) is 72.9 Å². The first-order valence-electron chi connectivity index (χ1n) is 10.1. The van der Waals surface area contributed by atoms with Crippen LogP contribution in [-0.4, -0.2) is 35.2 Å². The average Bonchev–Trinajstić information content (AvgIpc) is 3.09. The van der Waals surface area contributed by atoms with Crippen LogP contribution in [0.5, 0.6) is 11.5 Å². The molecule has 3 aromatic carbocycles. The maximum absolute atomic E-state index is 12.7. The molecular formula is C25H17BrClNO5S. The zero-order chi connectivity index (χ0) is 24.1. The molecule has 0 aliphatic carbocycles. The van der Waals surface area contributed by atoms with Crippen molar-refractivity contribution in [1.29, 1.82) is 0 Å². The zero-order valence-corrected chi connectivity index (χ0v) is 20.7. The summed E-state index contributed by atoms with van der Waals surface area (Å²) in [5.74, 6) is 0.132. The Morgan fingerprint density at radius 2 is 1.59 bits per heavy atom. The number of ether oxygens (including phenoxy) is 2. The van der Waals surface area contributed by atoms with E-state index in [2.05, 4.69) is 15.9 Å². The minimum Gasteiger partial charge on any atom is -0.492 e. The fourth-order valence-corrected chi connectivity index (χ4v) is 4.27. The molecule has 6 nitrogen and oxygen atoms in total. The van der Waals surface area contributed by atoms with Gasteiger partial charge in [0.05, 0.1) is 17.0 Å². The van der Waals surface area contributed by atoms with Gasteiger partial charge in [-0.25, -0.2) is 4.79 Å². The fraction of sp³-hybridized carbons (Fsp3) is 0.0800. The molecule has 0 N–H and O–H groups in total. The lowest BCUT2D eigenvalue weighted by atomic mass is 10.2. The quantitative estimate of drug-likeness (QED) is 0.189. The van der Waals surface area contributed by atoms with Gasteiger partial charge >= 0.3 is 5.97 Å². The van der Waals surface area contributed by atoms with Gasteiger partial charge in [-0.1, -0.05) is 39.7 Å². The molecule has 3 aromatic rings. The molecule has 1 aliphatic heterocycles. The third kappa shape index (κ3) is 6.08. The number of nitrogens with zero attached hydrogens (tertiary/aromatic N) is 1. The molecule has 0 radical (unpaired) electrons. The molecule has 9 heteroatoms. The molecule has 0 saturated carbocycles. The zero-order valence-electron chi connectivity index (χ0n) is 17.6. The summed E-state index contributed by atoms with van der Waals surface area (Å²) in [7, 11) is 0. The van der Waals surface area contributed by atoms with Gasteiger partial charge in [0.25, 0.3) is 11.1 Å². The van der Waals surface area contributed by atoms with E-state index in [0.29, 0.717) is 32.6 Å². The van der Waals surface area contributed by atoms with Crippen molar-refractivity contribution in [1.82, 2.24) is 4.90 Å². The highest BCUT2D eigenvalue weighted by Gasteiger charge is 2.34. The van der Waals surface area contributed by atoms with Crippen LogP contribution in [0.15, 0.2) is 82.2 Å². The van der Waals surface area contributed by atoms with Crippen LogP contribution < -0.4 is 9.47 Å². The molecule has 1 fully saturated rings. The van der Waals surface area contributed by atoms with E-state index in [1.807, 2.05) is 0 Å². The van der Waals surface area contributed by atoms with Crippen molar-refractivity contribution >= 4 is 62.5 Å². The van der Waals surface area contributed by atoms with Crippen LogP contribution in [0.3, 0.4) is 0 Å². The number of carbonyl (C=O) groups is 3. The number of imide groups is 1. The third-order valence-electron chi connectivity index (χ3n) is 4.74. The van der Waals surface area contributed by atoms with Crippen LogP contribution in [0.2, 0.25) is 5.02 Å². The van der Waals surface area contributed by atoms with E-state index in [1.165, 1.54) is 0 Å². The lowest BCUT2D eigenvalue weighted by Gasteiger charge is -2.13. The molecule has 0 bridgehead atoms. The molecule has 34 heavy (non-hydrogen) atoms. The minimum absolute atomic E-state index is 0.135. The van der Waals surface area contributed by atoms with Gasteiger partial charge < -0.3 is 9.47 Å². The molecule has 1 aliphatic rings. The number of carbonyl (C=O) groups excluding carboxylic acids is 3. The van der Waals surface area contributed by atoms with Gasteiger partial charge in [-0.15, -0.1) is 0 Å². The average molecular weight is 559 g/mol. The molecule has 4 rings (SSSR count). The van der Waals surface area contributed by atoms with Crippen molar-refractivity contribution in [2.24, 2.45) is 0 Å². The van der Waals surface area contributed by atoms with Crippen molar-refractivity contribution < 1.29 is 23.9 Å². The van der Waals surface area contributed by atoms with Crippen LogP contribution in [0, 0.1) is 0 Å². The van der Waals surface area contributed by atoms with Gasteiger partial charge in [0.15, 0.2) is 0 Å². The molecule has 172 valence electrons. The second-order valence-electron chi connectivity index (χ2n) is 7.10. The van der Waals surface area contributed by atoms with E-state index in [-0.39, 0.29) is 24.3 Å². The Labute approximate surface area is 213 Å². The maximum Gasteiger partial charge on any atom is 0.343 e. The summed E-state index contributed by atoms with van der Waals surface area (Å²) in [6, 6.07) is 20.4. The highest BCUT2D eigenvalue weighted by atomic mass is 79.9. The van der Waals surface area contributed by atoms with E-state index >= 15 is 0 Å². The summed E-state index contributed by atoms with van der Waals surface area (Å²) in [5.41, 5.74) is 1.13. The number of amides is 2. The van der Waals surface area contributed by atoms with Crippen molar-refractivity contribution in [3.8, 4) is 11.5 Å². The smallest absolute Gasteiger partial charge is 0.343 e. The van der Waals surface area contributed by atoms with Crippen molar-refractivity contribution in [2.75, 3.05) is 13.2 Å². The van der Waals surface area contributed by atoms with Gasteiger partial charge in [-0.2, -0.15) is 0 Å². The Morgan fingerprint density at radius 3 is 2.26 bits per heavy atom. The molecule has 1 saturated heterocycles. The summed E-state index contributed by atoms with van der Waals surface area (Å²) in [6.45, 7) is 0.307. The monoisotopic (exact) mass is 557 g/mol. The Kier molecular flexibility index (Phi) is 7.72. The van der Waals surface area contributed by atoms with Gasteiger partial charge in [0.2, 0.25) is 0 Å². The number of rotatable bonds is 7. The van der Waals surface area contributed by atoms with Crippen LogP contribution in [-0.2, 0) is 4.79 Å². The first-order chi connectivity index (χ1) is 16.4. The minimum atomic E-state index is -0.470. The summed E-state index contributed by atoms with van der Waals surface area (Å²) in [4.78, 5) is 38.7. The van der Waals surface area contributed by atoms with Crippen LogP contribution in [0.4, 0.5) is 4.79 Å². The van der Waals surface area contributed by atoms with Crippen molar-refractivity contribution in [2.45, 2.75) is 0 Å². The Morgan fingerprint density at radius 1 is 0.941 bits per heavy atom. The Balaban J connectivity index is 1.34. The number of esters is 1. The van der Waals surface area contributed by atoms with E-state index < -0.39 is 5.97 Å². The summed E-state index contributed by atoms with van der Waals surface area (Å²) in [6.07, 6.45) is 1.63. The van der Waals surface area contributed by atoms with Gasteiger partial charge in [-0.3, -0.25) is 14.5 Å². The van der Waals surface area contributed by atoms with Crippen molar-refractivity contribution in [3.63, 3.8) is 0 Å². The normalized spacial score (nSPS) is 14.5. The molecule has 0 spiro atoms. The van der Waals surface area contributed by atoms with Gasteiger partial charge in [-0.05, 0) is 84.1 Å². The predicted octanol–water partition coefficient (Wildman–Crippen LogP) is 6.44. The third-order valence-corrected chi connectivity index (χ3v) is 6.43. The lowest BCUT2D eigenvalue weighted by Crippen LogP contribution is -2.32. The highest BCUT2D eigenvalue weighted by Crippen LogP contribution is 2.32. The Bertz CT molecular complexity index is 1240. The van der Waals surface area contributed by atoms with Gasteiger partial charge in [0, 0.05) is 9.50 Å². The summed E-state index contributed by atoms with van der Waals surface area (Å²) >= 11 is 10.0. The first kappa shape index (κ1) is 24.1. The number of halogens is 2.